The van der Waals surface area contributed by atoms with Gasteiger partial charge in [-0.1, -0.05) is 15.9 Å². The Morgan fingerprint density at radius 1 is 1.33 bits per heavy atom. The minimum Gasteiger partial charge on any atom is -0.398 e. The van der Waals surface area contributed by atoms with Crippen LogP contribution in [0.3, 0.4) is 0 Å². The normalized spacial score (nSPS) is 29.9. The van der Waals surface area contributed by atoms with Gasteiger partial charge in [-0.05, 0) is 31.0 Å². The van der Waals surface area contributed by atoms with Crippen molar-refractivity contribution in [2.75, 3.05) is 25.6 Å². The molecule has 0 bridgehead atoms. The number of benzene rings is 1. The number of rotatable bonds is 2. The molecule has 2 N–H and O–H groups in total. The zero-order chi connectivity index (χ0) is 15.1. The average molecular weight is 376 g/mol. The van der Waals surface area contributed by atoms with Crippen molar-refractivity contribution in [2.24, 2.45) is 0 Å². The largest absolute Gasteiger partial charge is 0.398 e. The highest BCUT2D eigenvalue weighted by Crippen LogP contribution is 2.38. The fourth-order valence-electron chi connectivity index (χ4n) is 3.05. The number of hydrogen-bond acceptors (Lipinski definition) is 5. The lowest BCUT2D eigenvalue weighted by molar-refractivity contribution is -0.0778. The van der Waals surface area contributed by atoms with Crippen molar-refractivity contribution < 1.29 is 17.9 Å². The second kappa shape index (κ2) is 5.53. The van der Waals surface area contributed by atoms with Crippen LogP contribution in [-0.4, -0.2) is 39.1 Å². The Balaban J connectivity index is 1.92. The van der Waals surface area contributed by atoms with Gasteiger partial charge in [0, 0.05) is 24.1 Å². The van der Waals surface area contributed by atoms with Crippen LogP contribution in [0.1, 0.15) is 19.3 Å². The van der Waals surface area contributed by atoms with Gasteiger partial charge in [0.25, 0.3) is 0 Å². The molecule has 2 fully saturated rings. The fourth-order valence-corrected chi connectivity index (χ4v) is 5.53. The lowest BCUT2D eigenvalue weighted by Gasteiger charge is -2.36. The predicted octanol–water partition coefficient (Wildman–Crippen LogP) is 2.14. The quantitative estimate of drug-likeness (QED) is 0.801. The Morgan fingerprint density at radius 2 is 2.14 bits per heavy atom. The summed E-state index contributed by atoms with van der Waals surface area (Å²) in [5.74, 6) is 0. The van der Waals surface area contributed by atoms with Crippen molar-refractivity contribution in [1.29, 1.82) is 0 Å². The maximum absolute atomic E-state index is 12.9. The van der Waals surface area contributed by atoms with Crippen molar-refractivity contribution >= 4 is 31.5 Å². The van der Waals surface area contributed by atoms with Gasteiger partial charge in [-0.2, -0.15) is 0 Å². The van der Waals surface area contributed by atoms with E-state index in [-0.39, 0.29) is 4.90 Å². The molecule has 2 atom stereocenters. The molecule has 1 aromatic rings. The SMILES string of the molecule is Nc1ccc(Br)cc1S(=O)(=O)C1CCOC2(CCOC2)C1. The van der Waals surface area contributed by atoms with Crippen molar-refractivity contribution in [2.45, 2.75) is 35.0 Å². The van der Waals surface area contributed by atoms with Crippen molar-refractivity contribution in [3.8, 4) is 0 Å². The standard InChI is InChI=1S/C14H18BrNO4S/c15-10-1-2-12(16)13(7-10)21(17,18)11-3-5-20-14(8-11)4-6-19-9-14/h1-2,7,11H,3-6,8-9,16H2. The Labute approximate surface area is 132 Å². The van der Waals surface area contributed by atoms with E-state index < -0.39 is 20.7 Å². The minimum absolute atomic E-state index is 0.206. The fraction of sp³-hybridized carbons (Fsp3) is 0.571. The van der Waals surface area contributed by atoms with Gasteiger partial charge in [-0.3, -0.25) is 0 Å². The summed E-state index contributed by atoms with van der Waals surface area (Å²) < 4.78 is 37.7. The molecule has 2 aliphatic heterocycles. The first-order valence-electron chi connectivity index (χ1n) is 6.94. The lowest BCUT2D eigenvalue weighted by atomic mass is 9.93. The van der Waals surface area contributed by atoms with Crippen molar-refractivity contribution in [3.05, 3.63) is 22.7 Å². The molecule has 116 valence electrons. The number of sulfone groups is 1. The molecule has 21 heavy (non-hydrogen) atoms. The summed E-state index contributed by atoms with van der Waals surface area (Å²) in [4.78, 5) is 0.206. The van der Waals surface area contributed by atoms with Crippen LogP contribution in [-0.2, 0) is 19.3 Å². The van der Waals surface area contributed by atoms with E-state index in [9.17, 15) is 8.42 Å². The molecule has 0 saturated carbocycles. The van der Waals surface area contributed by atoms with Crippen LogP contribution >= 0.6 is 15.9 Å². The van der Waals surface area contributed by atoms with Gasteiger partial charge in [0.2, 0.25) is 0 Å². The highest BCUT2D eigenvalue weighted by molar-refractivity contribution is 9.10. The third kappa shape index (κ3) is 2.84. The van der Waals surface area contributed by atoms with E-state index in [1.165, 1.54) is 0 Å². The Kier molecular flexibility index (Phi) is 4.02. The lowest BCUT2D eigenvalue weighted by Crippen LogP contribution is -2.45. The van der Waals surface area contributed by atoms with Crippen LogP contribution in [0, 0.1) is 0 Å². The Morgan fingerprint density at radius 3 is 2.86 bits per heavy atom. The van der Waals surface area contributed by atoms with Gasteiger partial charge in [0.15, 0.2) is 9.84 Å². The van der Waals surface area contributed by atoms with Crippen molar-refractivity contribution in [1.82, 2.24) is 0 Å². The van der Waals surface area contributed by atoms with Gasteiger partial charge >= 0.3 is 0 Å². The molecule has 3 rings (SSSR count). The number of hydrogen-bond donors (Lipinski definition) is 1. The van der Waals surface area contributed by atoms with E-state index in [1.807, 2.05) is 0 Å². The molecule has 5 nitrogen and oxygen atoms in total. The van der Waals surface area contributed by atoms with Gasteiger partial charge in [-0.25, -0.2) is 8.42 Å². The molecule has 0 radical (unpaired) electrons. The molecule has 2 unspecified atom stereocenters. The van der Waals surface area contributed by atoms with Crippen LogP contribution < -0.4 is 5.73 Å². The summed E-state index contributed by atoms with van der Waals surface area (Å²) in [6, 6.07) is 4.94. The van der Waals surface area contributed by atoms with Gasteiger partial charge in [-0.15, -0.1) is 0 Å². The highest BCUT2D eigenvalue weighted by Gasteiger charge is 2.45. The molecule has 7 heteroatoms. The second-order valence-electron chi connectivity index (χ2n) is 5.68. The first kappa shape index (κ1) is 15.3. The summed E-state index contributed by atoms with van der Waals surface area (Å²) in [6.07, 6.45) is 1.73. The number of nitrogens with two attached hydrogens (primary N) is 1. The first-order chi connectivity index (χ1) is 9.93. The summed E-state index contributed by atoms with van der Waals surface area (Å²) in [7, 11) is -3.47. The zero-order valence-electron chi connectivity index (χ0n) is 11.5. The number of halogens is 1. The number of nitrogen functional groups attached to an aromatic ring is 1. The molecule has 0 aliphatic carbocycles. The second-order valence-corrected chi connectivity index (χ2v) is 8.79. The van der Waals surface area contributed by atoms with E-state index in [0.29, 0.717) is 42.8 Å². The molecule has 1 spiro atoms. The molecule has 2 heterocycles. The summed E-state index contributed by atoms with van der Waals surface area (Å²) in [6.45, 7) is 1.56. The van der Waals surface area contributed by atoms with E-state index in [2.05, 4.69) is 15.9 Å². The smallest absolute Gasteiger partial charge is 0.183 e. The summed E-state index contributed by atoms with van der Waals surface area (Å²) >= 11 is 3.31. The van der Waals surface area contributed by atoms with Crippen LogP contribution in [0.2, 0.25) is 0 Å². The average Bonchev–Trinajstić information content (AvgIpc) is 2.89. The van der Waals surface area contributed by atoms with Gasteiger partial charge in [0.05, 0.1) is 28.0 Å². The molecule has 1 aromatic carbocycles. The molecular weight excluding hydrogens is 358 g/mol. The van der Waals surface area contributed by atoms with Crippen LogP contribution in [0.4, 0.5) is 5.69 Å². The van der Waals surface area contributed by atoms with Gasteiger partial charge < -0.3 is 15.2 Å². The minimum atomic E-state index is -3.47. The van der Waals surface area contributed by atoms with Gasteiger partial charge in [0.1, 0.15) is 0 Å². The maximum atomic E-state index is 12.9. The molecule has 0 aromatic heterocycles. The molecule has 2 saturated heterocycles. The highest BCUT2D eigenvalue weighted by atomic mass is 79.9. The van der Waals surface area contributed by atoms with E-state index in [0.717, 1.165) is 6.42 Å². The third-order valence-electron chi connectivity index (χ3n) is 4.24. The van der Waals surface area contributed by atoms with Crippen LogP contribution in [0.5, 0.6) is 0 Å². The third-order valence-corrected chi connectivity index (χ3v) is 6.98. The Hall–Kier alpha value is -0.630. The van der Waals surface area contributed by atoms with Crippen molar-refractivity contribution in [3.63, 3.8) is 0 Å². The molecular formula is C14H18BrNO4S. The monoisotopic (exact) mass is 375 g/mol. The first-order valence-corrected chi connectivity index (χ1v) is 9.28. The molecule has 2 aliphatic rings. The summed E-state index contributed by atoms with van der Waals surface area (Å²) in [5, 5.41) is -0.468. The topological polar surface area (TPSA) is 78.6 Å². The van der Waals surface area contributed by atoms with Crippen LogP contribution in [0.25, 0.3) is 0 Å². The van der Waals surface area contributed by atoms with E-state index >= 15 is 0 Å². The van der Waals surface area contributed by atoms with E-state index in [1.54, 1.807) is 18.2 Å². The number of ether oxygens (including phenoxy) is 2. The summed E-state index contributed by atoms with van der Waals surface area (Å²) in [5.41, 5.74) is 5.73. The maximum Gasteiger partial charge on any atom is 0.183 e. The molecule has 0 amide bonds. The Bertz CT molecular complexity index is 640. The number of anilines is 1. The predicted molar refractivity (Wildman–Crippen MR) is 82.9 cm³/mol. The van der Waals surface area contributed by atoms with Crippen LogP contribution in [0.15, 0.2) is 27.6 Å². The van der Waals surface area contributed by atoms with E-state index in [4.69, 9.17) is 15.2 Å². The zero-order valence-corrected chi connectivity index (χ0v) is 14.0.